The molecule has 1 aliphatic heterocycles. The first-order valence-electron chi connectivity index (χ1n) is 6.63. The molecule has 0 saturated carbocycles. The van der Waals surface area contributed by atoms with Gasteiger partial charge in [0.1, 0.15) is 0 Å². The van der Waals surface area contributed by atoms with Crippen LogP contribution in [0.5, 0.6) is 0 Å². The minimum atomic E-state index is -3.57. The number of nitrogens with zero attached hydrogens (tertiary/aromatic N) is 1. The van der Waals surface area contributed by atoms with E-state index in [2.05, 4.69) is 21.2 Å². The van der Waals surface area contributed by atoms with E-state index in [-0.39, 0.29) is 16.8 Å². The number of nitrogens with one attached hydrogen (secondary N) is 1. The van der Waals surface area contributed by atoms with Crippen molar-refractivity contribution in [3.63, 3.8) is 0 Å². The van der Waals surface area contributed by atoms with Crippen molar-refractivity contribution in [2.24, 2.45) is 0 Å². The van der Waals surface area contributed by atoms with E-state index in [0.29, 0.717) is 36.1 Å². The monoisotopic (exact) mass is 375 g/mol. The predicted molar refractivity (Wildman–Crippen MR) is 84.2 cm³/mol. The minimum absolute atomic E-state index is 0.0400. The van der Waals surface area contributed by atoms with Crippen LogP contribution in [0.4, 0.5) is 5.69 Å². The number of sulfonamides is 1. The molecule has 1 heterocycles. The lowest BCUT2D eigenvalue weighted by atomic mass is 10.1. The number of carbonyl (C=O) groups excluding carboxylic acids is 1. The van der Waals surface area contributed by atoms with Crippen LogP contribution >= 0.6 is 15.9 Å². The molecule has 0 unspecified atom stereocenters. The number of hydrogen-bond acceptors (Lipinski definition) is 4. The highest BCUT2D eigenvalue weighted by Crippen LogP contribution is 2.28. The Morgan fingerprint density at radius 2 is 2.00 bits per heavy atom. The zero-order valence-corrected chi connectivity index (χ0v) is 14.1. The summed E-state index contributed by atoms with van der Waals surface area (Å²) in [5, 5.41) is 2.82. The third kappa shape index (κ3) is 3.75. The Labute approximate surface area is 132 Å². The SMILES string of the molecule is CC(=O)NC1CCN(S(=O)(=O)c2cc(N)ccc2Br)CC1. The number of benzene rings is 1. The van der Waals surface area contributed by atoms with Gasteiger partial charge in [-0.2, -0.15) is 4.31 Å². The molecule has 0 spiro atoms. The zero-order chi connectivity index (χ0) is 15.6. The van der Waals surface area contributed by atoms with Crippen molar-refractivity contribution in [2.45, 2.75) is 30.7 Å². The topological polar surface area (TPSA) is 92.5 Å². The summed E-state index contributed by atoms with van der Waals surface area (Å²) in [6.45, 7) is 2.23. The molecule has 1 aliphatic rings. The van der Waals surface area contributed by atoms with Gasteiger partial charge in [0.05, 0.1) is 4.90 Å². The van der Waals surface area contributed by atoms with Crippen molar-refractivity contribution in [2.75, 3.05) is 18.8 Å². The third-order valence-electron chi connectivity index (χ3n) is 3.43. The van der Waals surface area contributed by atoms with Crippen molar-refractivity contribution >= 4 is 37.5 Å². The molecule has 116 valence electrons. The molecule has 0 bridgehead atoms. The summed E-state index contributed by atoms with van der Waals surface area (Å²) in [5.41, 5.74) is 6.09. The number of nitrogen functional groups attached to an aromatic ring is 1. The van der Waals surface area contributed by atoms with Crippen LogP contribution in [0.3, 0.4) is 0 Å². The Morgan fingerprint density at radius 3 is 2.57 bits per heavy atom. The van der Waals surface area contributed by atoms with E-state index in [1.54, 1.807) is 12.1 Å². The molecule has 8 heteroatoms. The Kier molecular flexibility index (Phi) is 4.90. The summed E-state index contributed by atoms with van der Waals surface area (Å²) >= 11 is 3.26. The van der Waals surface area contributed by atoms with Crippen molar-refractivity contribution in [3.8, 4) is 0 Å². The first-order chi connectivity index (χ1) is 9.80. The van der Waals surface area contributed by atoms with E-state index in [9.17, 15) is 13.2 Å². The highest BCUT2D eigenvalue weighted by Gasteiger charge is 2.31. The second kappa shape index (κ2) is 6.33. The number of amides is 1. The molecule has 2 rings (SSSR count). The number of anilines is 1. The molecule has 0 radical (unpaired) electrons. The number of halogens is 1. The summed E-state index contributed by atoms with van der Waals surface area (Å²) in [4.78, 5) is 11.2. The summed E-state index contributed by atoms with van der Waals surface area (Å²) < 4.78 is 27.2. The molecule has 1 saturated heterocycles. The molecule has 3 N–H and O–H groups in total. The number of rotatable bonds is 3. The van der Waals surface area contributed by atoms with Crippen molar-refractivity contribution in [1.29, 1.82) is 0 Å². The van der Waals surface area contributed by atoms with Crippen molar-refractivity contribution < 1.29 is 13.2 Å². The highest BCUT2D eigenvalue weighted by atomic mass is 79.9. The van der Waals surface area contributed by atoms with E-state index < -0.39 is 10.0 Å². The first kappa shape index (κ1) is 16.3. The molecule has 0 aromatic heterocycles. The fourth-order valence-electron chi connectivity index (χ4n) is 2.38. The van der Waals surface area contributed by atoms with Gasteiger partial charge in [0.15, 0.2) is 0 Å². The van der Waals surface area contributed by atoms with Crippen LogP contribution in [-0.4, -0.2) is 37.8 Å². The van der Waals surface area contributed by atoms with Gasteiger partial charge in [-0.3, -0.25) is 4.79 Å². The zero-order valence-electron chi connectivity index (χ0n) is 11.7. The molecule has 21 heavy (non-hydrogen) atoms. The van der Waals surface area contributed by atoms with Gasteiger partial charge in [-0.15, -0.1) is 0 Å². The summed E-state index contributed by atoms with van der Waals surface area (Å²) in [5.74, 6) is -0.0881. The third-order valence-corrected chi connectivity index (χ3v) is 6.33. The highest BCUT2D eigenvalue weighted by molar-refractivity contribution is 9.10. The van der Waals surface area contributed by atoms with E-state index >= 15 is 0 Å². The van der Waals surface area contributed by atoms with E-state index in [1.807, 2.05) is 0 Å². The number of hydrogen-bond donors (Lipinski definition) is 2. The summed E-state index contributed by atoms with van der Waals surface area (Å²) in [6, 6.07) is 4.77. The molecule has 1 aromatic carbocycles. The maximum Gasteiger partial charge on any atom is 0.244 e. The number of piperidine rings is 1. The van der Waals surface area contributed by atoms with Gasteiger partial charge < -0.3 is 11.1 Å². The maximum atomic E-state index is 12.6. The summed E-state index contributed by atoms with van der Waals surface area (Å²) in [6.07, 6.45) is 1.22. The maximum absolute atomic E-state index is 12.6. The lowest BCUT2D eigenvalue weighted by Gasteiger charge is -2.31. The molecule has 1 amide bonds. The average Bonchev–Trinajstić information content (AvgIpc) is 2.41. The van der Waals surface area contributed by atoms with Crippen LogP contribution < -0.4 is 11.1 Å². The molecule has 6 nitrogen and oxygen atoms in total. The van der Waals surface area contributed by atoms with Crippen molar-refractivity contribution in [3.05, 3.63) is 22.7 Å². The van der Waals surface area contributed by atoms with Crippen LogP contribution in [0, 0.1) is 0 Å². The normalized spacial score (nSPS) is 17.6. The van der Waals surface area contributed by atoms with Gasteiger partial charge in [0.2, 0.25) is 15.9 Å². The second-order valence-corrected chi connectivity index (χ2v) is 7.83. The largest absolute Gasteiger partial charge is 0.399 e. The molecular formula is C13H18BrN3O3S. The van der Waals surface area contributed by atoms with Gasteiger partial charge in [-0.1, -0.05) is 0 Å². The van der Waals surface area contributed by atoms with Crippen LogP contribution in [0.2, 0.25) is 0 Å². The van der Waals surface area contributed by atoms with Crippen LogP contribution in [0.1, 0.15) is 19.8 Å². The molecule has 1 aromatic rings. The van der Waals surface area contributed by atoms with Crippen LogP contribution in [0.15, 0.2) is 27.6 Å². The molecule has 0 atom stereocenters. The second-order valence-electron chi connectivity index (χ2n) is 5.07. The predicted octanol–water partition coefficient (Wildman–Crippen LogP) is 1.32. The van der Waals surface area contributed by atoms with Crippen LogP contribution in [0.25, 0.3) is 0 Å². The van der Waals surface area contributed by atoms with Crippen LogP contribution in [-0.2, 0) is 14.8 Å². The van der Waals surface area contributed by atoms with Crippen molar-refractivity contribution in [1.82, 2.24) is 9.62 Å². The van der Waals surface area contributed by atoms with Gasteiger partial charge in [0.25, 0.3) is 0 Å². The van der Waals surface area contributed by atoms with E-state index in [0.717, 1.165) is 0 Å². The average molecular weight is 376 g/mol. The number of carbonyl (C=O) groups is 1. The lowest BCUT2D eigenvalue weighted by molar-refractivity contribution is -0.119. The first-order valence-corrected chi connectivity index (χ1v) is 8.86. The lowest BCUT2D eigenvalue weighted by Crippen LogP contribution is -2.46. The standard InChI is InChI=1S/C13H18BrN3O3S/c1-9(18)16-11-4-6-17(7-5-11)21(19,20)13-8-10(15)2-3-12(13)14/h2-3,8,11H,4-7,15H2,1H3,(H,16,18). The van der Waals surface area contributed by atoms with Gasteiger partial charge in [-0.25, -0.2) is 8.42 Å². The Bertz CT molecular complexity index is 640. The van der Waals surface area contributed by atoms with E-state index in [4.69, 9.17) is 5.73 Å². The number of nitrogens with two attached hydrogens (primary N) is 1. The fraction of sp³-hybridized carbons (Fsp3) is 0.462. The van der Waals surface area contributed by atoms with E-state index in [1.165, 1.54) is 17.3 Å². The minimum Gasteiger partial charge on any atom is -0.399 e. The smallest absolute Gasteiger partial charge is 0.244 e. The summed E-state index contributed by atoms with van der Waals surface area (Å²) in [7, 11) is -3.57. The Balaban J connectivity index is 2.15. The quantitative estimate of drug-likeness (QED) is 0.779. The fourth-order valence-corrected chi connectivity index (χ4v) is 4.81. The van der Waals surface area contributed by atoms with Gasteiger partial charge in [-0.05, 0) is 47.0 Å². The molecular weight excluding hydrogens is 358 g/mol. The molecule has 0 aliphatic carbocycles. The molecule has 1 fully saturated rings. The Hall–Kier alpha value is -1.12. The van der Waals surface area contributed by atoms with Gasteiger partial charge >= 0.3 is 0 Å². The van der Waals surface area contributed by atoms with Gasteiger partial charge in [0, 0.05) is 36.2 Å². The Morgan fingerprint density at radius 1 is 1.38 bits per heavy atom.